The van der Waals surface area contributed by atoms with Crippen LogP contribution in [-0.4, -0.2) is 40.1 Å². The summed E-state index contributed by atoms with van der Waals surface area (Å²) in [7, 11) is 0. The minimum absolute atomic E-state index is 0.310. The predicted molar refractivity (Wildman–Crippen MR) is 70.9 cm³/mol. The summed E-state index contributed by atoms with van der Waals surface area (Å²) < 4.78 is 7.51. The van der Waals surface area contributed by atoms with Crippen LogP contribution in [0.2, 0.25) is 5.02 Å². The lowest BCUT2D eigenvalue weighted by Gasteiger charge is -2.30. The van der Waals surface area contributed by atoms with Crippen LogP contribution in [0.4, 0.5) is 0 Å². The molecule has 0 saturated carbocycles. The topological polar surface area (TPSA) is 29.8 Å². The van der Waals surface area contributed by atoms with E-state index in [9.17, 15) is 0 Å². The summed E-state index contributed by atoms with van der Waals surface area (Å²) >= 11 is 5.96. The smallest absolute Gasteiger partial charge is 0.137 e. The van der Waals surface area contributed by atoms with Gasteiger partial charge in [0.1, 0.15) is 5.65 Å². The van der Waals surface area contributed by atoms with Gasteiger partial charge in [-0.15, -0.1) is 0 Å². The van der Waals surface area contributed by atoms with Crippen LogP contribution in [0.25, 0.3) is 5.65 Å². The van der Waals surface area contributed by atoms with Crippen molar-refractivity contribution in [1.82, 2.24) is 14.3 Å². The molecule has 0 aromatic carbocycles. The number of nitrogens with zero attached hydrogens (tertiary/aromatic N) is 3. The number of fused-ring (bicyclic) bond motifs is 1. The Labute approximate surface area is 111 Å². The number of halogens is 1. The third-order valence-electron chi connectivity index (χ3n) is 3.18. The van der Waals surface area contributed by atoms with Gasteiger partial charge in [0.05, 0.1) is 23.4 Å². The zero-order valence-corrected chi connectivity index (χ0v) is 11.1. The highest BCUT2D eigenvalue weighted by Crippen LogP contribution is 2.14. The summed E-state index contributed by atoms with van der Waals surface area (Å²) in [5.41, 5.74) is 2.02. The van der Waals surface area contributed by atoms with Crippen LogP contribution in [0.1, 0.15) is 12.6 Å². The minimum Gasteiger partial charge on any atom is -0.376 e. The molecule has 2 aromatic heterocycles. The van der Waals surface area contributed by atoms with Gasteiger partial charge >= 0.3 is 0 Å². The lowest BCUT2D eigenvalue weighted by atomic mass is 10.3. The highest BCUT2D eigenvalue weighted by atomic mass is 35.5. The Morgan fingerprint density at radius 1 is 1.44 bits per heavy atom. The van der Waals surface area contributed by atoms with Crippen molar-refractivity contribution in [2.45, 2.75) is 19.6 Å². The van der Waals surface area contributed by atoms with Crippen molar-refractivity contribution in [3.63, 3.8) is 0 Å². The third-order valence-corrected chi connectivity index (χ3v) is 3.40. The normalized spacial score (nSPS) is 21.6. The van der Waals surface area contributed by atoms with E-state index in [1.165, 1.54) is 0 Å². The fourth-order valence-corrected chi connectivity index (χ4v) is 2.52. The molecule has 0 radical (unpaired) electrons. The van der Waals surface area contributed by atoms with Gasteiger partial charge < -0.3 is 9.14 Å². The number of aromatic nitrogens is 2. The maximum atomic E-state index is 5.96. The molecule has 3 rings (SSSR count). The lowest BCUT2D eigenvalue weighted by Crippen LogP contribution is -2.40. The fraction of sp³-hybridized carbons (Fsp3) is 0.462. The van der Waals surface area contributed by atoms with Crippen molar-refractivity contribution < 1.29 is 4.74 Å². The zero-order valence-electron chi connectivity index (χ0n) is 10.3. The van der Waals surface area contributed by atoms with Crippen molar-refractivity contribution in [2.24, 2.45) is 0 Å². The molecule has 1 saturated heterocycles. The number of imidazole rings is 1. The van der Waals surface area contributed by atoms with E-state index < -0.39 is 0 Å². The Bertz CT molecular complexity index is 554. The zero-order chi connectivity index (χ0) is 12.5. The van der Waals surface area contributed by atoms with E-state index in [0.717, 1.165) is 42.6 Å². The summed E-state index contributed by atoms with van der Waals surface area (Å²) in [6, 6.07) is 3.80. The summed E-state index contributed by atoms with van der Waals surface area (Å²) in [5.74, 6) is 0. The van der Waals surface area contributed by atoms with E-state index in [1.54, 1.807) is 0 Å². The molecule has 1 aliphatic rings. The number of rotatable bonds is 2. The highest BCUT2D eigenvalue weighted by molar-refractivity contribution is 6.30. The Morgan fingerprint density at radius 2 is 2.33 bits per heavy atom. The first-order chi connectivity index (χ1) is 8.70. The second-order valence-electron chi connectivity index (χ2n) is 4.76. The van der Waals surface area contributed by atoms with E-state index in [1.807, 2.05) is 28.9 Å². The van der Waals surface area contributed by atoms with Gasteiger partial charge in [0.15, 0.2) is 0 Å². The molecule has 1 fully saturated rings. The van der Waals surface area contributed by atoms with Gasteiger partial charge in [0.25, 0.3) is 0 Å². The molecule has 1 aliphatic heterocycles. The van der Waals surface area contributed by atoms with E-state index in [4.69, 9.17) is 16.3 Å². The van der Waals surface area contributed by atoms with Crippen LogP contribution in [-0.2, 0) is 11.3 Å². The first-order valence-electron chi connectivity index (χ1n) is 6.18. The second-order valence-corrected chi connectivity index (χ2v) is 5.20. The largest absolute Gasteiger partial charge is 0.376 e. The summed E-state index contributed by atoms with van der Waals surface area (Å²) in [5, 5.41) is 0.728. The van der Waals surface area contributed by atoms with Crippen LogP contribution in [0.5, 0.6) is 0 Å². The van der Waals surface area contributed by atoms with Gasteiger partial charge in [-0.3, -0.25) is 4.90 Å². The average Bonchev–Trinajstić information content (AvgIpc) is 2.70. The van der Waals surface area contributed by atoms with Crippen LogP contribution >= 0.6 is 11.6 Å². The number of hydrogen-bond acceptors (Lipinski definition) is 3. The van der Waals surface area contributed by atoms with Crippen molar-refractivity contribution in [2.75, 3.05) is 19.7 Å². The van der Waals surface area contributed by atoms with Crippen molar-refractivity contribution in [3.8, 4) is 0 Å². The molecule has 96 valence electrons. The molecule has 0 N–H and O–H groups in total. The quantitative estimate of drug-likeness (QED) is 0.834. The molecule has 4 nitrogen and oxygen atoms in total. The number of ether oxygens (including phenoxy) is 1. The van der Waals surface area contributed by atoms with Gasteiger partial charge in [0.2, 0.25) is 0 Å². The van der Waals surface area contributed by atoms with Crippen LogP contribution in [0.15, 0.2) is 24.5 Å². The van der Waals surface area contributed by atoms with Gasteiger partial charge in [0, 0.05) is 32.0 Å². The molecule has 0 amide bonds. The maximum Gasteiger partial charge on any atom is 0.137 e. The second kappa shape index (κ2) is 4.88. The molecular formula is C13H16ClN3O. The number of morpholine rings is 1. The minimum atomic E-state index is 0.310. The van der Waals surface area contributed by atoms with E-state index in [-0.39, 0.29) is 0 Å². The molecule has 5 heteroatoms. The van der Waals surface area contributed by atoms with E-state index in [0.29, 0.717) is 6.10 Å². The van der Waals surface area contributed by atoms with Crippen LogP contribution in [0.3, 0.4) is 0 Å². The first kappa shape index (κ1) is 12.0. The maximum absolute atomic E-state index is 5.96. The molecule has 3 heterocycles. The third kappa shape index (κ3) is 2.51. The highest BCUT2D eigenvalue weighted by Gasteiger charge is 2.17. The van der Waals surface area contributed by atoms with Gasteiger partial charge in [-0.25, -0.2) is 4.98 Å². The molecule has 0 aliphatic carbocycles. The monoisotopic (exact) mass is 265 g/mol. The summed E-state index contributed by atoms with van der Waals surface area (Å²) in [4.78, 5) is 6.97. The van der Waals surface area contributed by atoms with Gasteiger partial charge in [-0.2, -0.15) is 0 Å². The molecule has 2 aromatic rings. The standard InChI is InChI=1S/C13H16ClN3O/c1-10-6-16(4-5-18-10)8-12-9-17-7-11(14)2-3-13(17)15-12/h2-3,7,9-10H,4-6,8H2,1H3/t10-/m1/s1. The van der Waals surface area contributed by atoms with E-state index >= 15 is 0 Å². The van der Waals surface area contributed by atoms with Crippen LogP contribution in [0, 0.1) is 0 Å². The van der Waals surface area contributed by atoms with E-state index in [2.05, 4.69) is 16.8 Å². The van der Waals surface area contributed by atoms with Gasteiger partial charge in [-0.1, -0.05) is 11.6 Å². The lowest BCUT2D eigenvalue weighted by molar-refractivity contribution is -0.0215. The van der Waals surface area contributed by atoms with Crippen molar-refractivity contribution >= 4 is 17.2 Å². The van der Waals surface area contributed by atoms with Crippen LogP contribution < -0.4 is 0 Å². The molecule has 0 spiro atoms. The molecule has 0 unspecified atom stereocenters. The van der Waals surface area contributed by atoms with Crippen molar-refractivity contribution in [1.29, 1.82) is 0 Å². The summed E-state index contributed by atoms with van der Waals surface area (Å²) in [6.07, 6.45) is 4.24. The SMILES string of the molecule is C[C@@H]1CN(Cc2cn3cc(Cl)ccc3n2)CCO1. The fourth-order valence-electron chi connectivity index (χ4n) is 2.36. The molecule has 1 atom stereocenters. The predicted octanol–water partition coefficient (Wildman–Crippen LogP) is 2.21. The van der Waals surface area contributed by atoms with Gasteiger partial charge in [-0.05, 0) is 19.1 Å². The molecule has 18 heavy (non-hydrogen) atoms. The number of hydrogen-bond donors (Lipinski definition) is 0. The summed E-state index contributed by atoms with van der Waals surface area (Å²) in [6.45, 7) is 5.72. The van der Waals surface area contributed by atoms with Crippen molar-refractivity contribution in [3.05, 3.63) is 35.2 Å². The molecular weight excluding hydrogens is 250 g/mol. The Balaban J connectivity index is 1.78. The molecule has 0 bridgehead atoms. The number of pyridine rings is 1. The Morgan fingerprint density at radius 3 is 3.17 bits per heavy atom. The Hall–Kier alpha value is -1.10. The average molecular weight is 266 g/mol. The Kier molecular flexibility index (Phi) is 3.24. The first-order valence-corrected chi connectivity index (χ1v) is 6.55.